The van der Waals surface area contributed by atoms with Crippen molar-refractivity contribution in [3.63, 3.8) is 0 Å². The number of hydrogen-bond donors (Lipinski definition) is 1. The third-order valence-electron chi connectivity index (χ3n) is 3.79. The number of ether oxygens (including phenoxy) is 1. The average Bonchev–Trinajstić information content (AvgIpc) is 2.47. The smallest absolute Gasteiger partial charge is 0.257 e. The predicted molar refractivity (Wildman–Crippen MR) is 75.5 cm³/mol. The van der Waals surface area contributed by atoms with Crippen molar-refractivity contribution in [3.8, 4) is 5.75 Å². The Hall–Kier alpha value is -1.62. The van der Waals surface area contributed by atoms with Crippen molar-refractivity contribution in [2.75, 3.05) is 33.8 Å². The molecule has 0 atom stereocenters. The van der Waals surface area contributed by atoms with Gasteiger partial charge in [0.05, 0.1) is 12.7 Å². The molecule has 1 amide bonds. The van der Waals surface area contributed by atoms with Crippen LogP contribution in [0.4, 0.5) is 4.39 Å². The van der Waals surface area contributed by atoms with Crippen LogP contribution in [-0.2, 0) is 0 Å². The van der Waals surface area contributed by atoms with E-state index >= 15 is 0 Å². The SMILES string of the molecule is CNCC1CCN(C(=O)c2cc(F)ccc2OC)CC1. The Morgan fingerprint density at radius 3 is 2.75 bits per heavy atom. The van der Waals surface area contributed by atoms with Crippen LogP contribution in [0.2, 0.25) is 0 Å². The van der Waals surface area contributed by atoms with E-state index in [1.54, 1.807) is 4.90 Å². The van der Waals surface area contributed by atoms with Crippen molar-refractivity contribution >= 4 is 5.91 Å². The second-order valence-electron chi connectivity index (χ2n) is 5.14. The molecule has 0 aromatic heterocycles. The van der Waals surface area contributed by atoms with Crippen LogP contribution in [0.5, 0.6) is 5.75 Å². The van der Waals surface area contributed by atoms with Gasteiger partial charge in [-0.3, -0.25) is 4.79 Å². The van der Waals surface area contributed by atoms with E-state index in [0.29, 0.717) is 30.3 Å². The summed E-state index contributed by atoms with van der Waals surface area (Å²) in [6.45, 7) is 2.40. The maximum absolute atomic E-state index is 13.3. The Bertz CT molecular complexity index is 471. The summed E-state index contributed by atoms with van der Waals surface area (Å²) in [4.78, 5) is 14.2. The van der Waals surface area contributed by atoms with Crippen molar-refractivity contribution in [3.05, 3.63) is 29.6 Å². The molecule has 1 heterocycles. The second kappa shape index (κ2) is 6.70. The fourth-order valence-corrected chi connectivity index (χ4v) is 2.65. The van der Waals surface area contributed by atoms with Crippen molar-refractivity contribution in [2.24, 2.45) is 5.92 Å². The molecule has 0 bridgehead atoms. The minimum absolute atomic E-state index is 0.149. The second-order valence-corrected chi connectivity index (χ2v) is 5.14. The molecule has 1 fully saturated rings. The van der Waals surface area contributed by atoms with Gasteiger partial charge in [-0.1, -0.05) is 0 Å². The zero-order valence-corrected chi connectivity index (χ0v) is 12.0. The van der Waals surface area contributed by atoms with Gasteiger partial charge in [-0.25, -0.2) is 4.39 Å². The Labute approximate surface area is 118 Å². The molecule has 1 aliphatic heterocycles. The molecule has 0 radical (unpaired) electrons. The van der Waals surface area contributed by atoms with Crippen LogP contribution in [0.3, 0.4) is 0 Å². The zero-order valence-electron chi connectivity index (χ0n) is 12.0. The molecule has 1 aliphatic rings. The van der Waals surface area contributed by atoms with Crippen LogP contribution >= 0.6 is 0 Å². The summed E-state index contributed by atoms with van der Waals surface area (Å²) in [6.07, 6.45) is 1.95. The molecule has 5 heteroatoms. The van der Waals surface area contributed by atoms with Crippen molar-refractivity contribution in [1.29, 1.82) is 0 Å². The normalized spacial score (nSPS) is 16.2. The van der Waals surface area contributed by atoms with Gasteiger partial charge in [0.25, 0.3) is 5.91 Å². The molecule has 1 aromatic carbocycles. The van der Waals surface area contributed by atoms with Crippen LogP contribution in [0, 0.1) is 11.7 Å². The molecule has 0 unspecified atom stereocenters. The summed E-state index contributed by atoms with van der Waals surface area (Å²) in [5.74, 6) is 0.468. The molecule has 0 spiro atoms. The maximum Gasteiger partial charge on any atom is 0.257 e. The summed E-state index contributed by atoms with van der Waals surface area (Å²) in [5.41, 5.74) is 0.305. The third-order valence-corrected chi connectivity index (χ3v) is 3.79. The highest BCUT2D eigenvalue weighted by Crippen LogP contribution is 2.24. The molecule has 1 aromatic rings. The van der Waals surface area contributed by atoms with Gasteiger partial charge in [0.1, 0.15) is 11.6 Å². The van der Waals surface area contributed by atoms with Crippen LogP contribution < -0.4 is 10.1 Å². The molecular weight excluding hydrogens is 259 g/mol. The van der Waals surface area contributed by atoms with Crippen LogP contribution in [-0.4, -0.2) is 44.6 Å². The van der Waals surface area contributed by atoms with Gasteiger partial charge >= 0.3 is 0 Å². The quantitative estimate of drug-likeness (QED) is 0.916. The van der Waals surface area contributed by atoms with Gasteiger partial charge in [0, 0.05) is 13.1 Å². The number of amides is 1. The molecular formula is C15H21FN2O2. The first-order chi connectivity index (χ1) is 9.65. The van der Waals surface area contributed by atoms with E-state index in [4.69, 9.17) is 4.74 Å². The van der Waals surface area contributed by atoms with Gasteiger partial charge in [-0.2, -0.15) is 0 Å². The highest BCUT2D eigenvalue weighted by atomic mass is 19.1. The lowest BCUT2D eigenvalue weighted by atomic mass is 9.96. The van der Waals surface area contributed by atoms with E-state index in [0.717, 1.165) is 19.4 Å². The average molecular weight is 280 g/mol. The Balaban J connectivity index is 2.07. The van der Waals surface area contributed by atoms with E-state index in [1.165, 1.54) is 25.3 Å². The summed E-state index contributed by atoms with van der Waals surface area (Å²) < 4.78 is 18.5. The van der Waals surface area contributed by atoms with Crippen LogP contribution in [0.25, 0.3) is 0 Å². The monoisotopic (exact) mass is 280 g/mol. The molecule has 20 heavy (non-hydrogen) atoms. The minimum atomic E-state index is -0.417. The lowest BCUT2D eigenvalue weighted by Gasteiger charge is -2.32. The molecule has 4 nitrogen and oxygen atoms in total. The highest BCUT2D eigenvalue weighted by molar-refractivity contribution is 5.97. The Kier molecular flexibility index (Phi) is 4.95. The maximum atomic E-state index is 13.3. The number of rotatable bonds is 4. The largest absolute Gasteiger partial charge is 0.496 e. The van der Waals surface area contributed by atoms with Gasteiger partial charge in [-0.15, -0.1) is 0 Å². The van der Waals surface area contributed by atoms with E-state index in [-0.39, 0.29) is 5.91 Å². The first kappa shape index (κ1) is 14.8. The molecule has 0 aliphatic carbocycles. The van der Waals surface area contributed by atoms with E-state index < -0.39 is 5.82 Å². The number of nitrogens with one attached hydrogen (secondary N) is 1. The van der Waals surface area contributed by atoms with Gasteiger partial charge in [0.15, 0.2) is 0 Å². The number of carbonyl (C=O) groups is 1. The molecule has 110 valence electrons. The van der Waals surface area contributed by atoms with Crippen LogP contribution in [0.1, 0.15) is 23.2 Å². The van der Waals surface area contributed by atoms with Crippen LogP contribution in [0.15, 0.2) is 18.2 Å². The van der Waals surface area contributed by atoms with Gasteiger partial charge in [0.2, 0.25) is 0 Å². The number of carbonyl (C=O) groups excluding carboxylic acids is 1. The number of halogens is 1. The van der Waals surface area contributed by atoms with E-state index in [1.807, 2.05) is 7.05 Å². The first-order valence-corrected chi connectivity index (χ1v) is 6.93. The number of hydrogen-bond acceptors (Lipinski definition) is 3. The van der Waals surface area contributed by atoms with Gasteiger partial charge in [-0.05, 0) is 50.6 Å². The Morgan fingerprint density at radius 1 is 1.45 bits per heavy atom. The summed E-state index contributed by atoms with van der Waals surface area (Å²) in [7, 11) is 3.43. The topological polar surface area (TPSA) is 41.6 Å². The molecule has 1 saturated heterocycles. The van der Waals surface area contributed by atoms with E-state index in [9.17, 15) is 9.18 Å². The summed E-state index contributed by atoms with van der Waals surface area (Å²) in [5, 5.41) is 3.17. The predicted octanol–water partition coefficient (Wildman–Crippen LogP) is 1.91. The summed E-state index contributed by atoms with van der Waals surface area (Å²) >= 11 is 0. The van der Waals surface area contributed by atoms with Crippen molar-refractivity contribution in [1.82, 2.24) is 10.2 Å². The Morgan fingerprint density at radius 2 is 2.15 bits per heavy atom. The van der Waals surface area contributed by atoms with Crippen molar-refractivity contribution < 1.29 is 13.9 Å². The number of likely N-dealkylation sites (tertiary alicyclic amines) is 1. The zero-order chi connectivity index (χ0) is 14.5. The molecule has 0 saturated carbocycles. The number of benzene rings is 1. The lowest BCUT2D eigenvalue weighted by Crippen LogP contribution is -2.40. The number of nitrogens with zero attached hydrogens (tertiary/aromatic N) is 1. The third kappa shape index (κ3) is 3.28. The number of piperidine rings is 1. The summed E-state index contributed by atoms with van der Waals surface area (Å²) in [6, 6.07) is 4.05. The minimum Gasteiger partial charge on any atom is -0.496 e. The lowest BCUT2D eigenvalue weighted by molar-refractivity contribution is 0.0687. The first-order valence-electron chi connectivity index (χ1n) is 6.93. The van der Waals surface area contributed by atoms with E-state index in [2.05, 4.69) is 5.32 Å². The number of methoxy groups -OCH3 is 1. The fourth-order valence-electron chi connectivity index (χ4n) is 2.65. The fraction of sp³-hybridized carbons (Fsp3) is 0.533. The van der Waals surface area contributed by atoms with Crippen molar-refractivity contribution in [2.45, 2.75) is 12.8 Å². The van der Waals surface area contributed by atoms with Gasteiger partial charge < -0.3 is 15.0 Å². The standard InChI is InChI=1S/C15H21FN2O2/c1-17-10-11-5-7-18(8-6-11)15(19)13-9-12(16)3-4-14(13)20-2/h3-4,9,11,17H,5-8,10H2,1-2H3. The highest BCUT2D eigenvalue weighted by Gasteiger charge is 2.25. The molecule has 2 rings (SSSR count). The molecule has 1 N–H and O–H groups in total.